The van der Waals surface area contributed by atoms with Gasteiger partial charge in [-0.2, -0.15) is 0 Å². The number of ether oxygens (including phenoxy) is 1. The molecule has 3 aromatic carbocycles. The second-order valence-corrected chi connectivity index (χ2v) is 8.93. The van der Waals surface area contributed by atoms with E-state index in [-0.39, 0.29) is 6.10 Å². The van der Waals surface area contributed by atoms with Crippen molar-refractivity contribution in [2.45, 2.75) is 32.0 Å². The number of nitrogens with zero attached hydrogens (tertiary/aromatic N) is 2. The number of hydrogen-bond acceptors (Lipinski definition) is 3. The fraction of sp³-hybridized carbons (Fsp3) is 0.200. The van der Waals surface area contributed by atoms with E-state index in [1.165, 1.54) is 4.90 Å². The Morgan fingerprint density at radius 3 is 2.03 bits per heavy atom. The minimum atomic E-state index is -0.625. The number of halogens is 3. The fourth-order valence-corrected chi connectivity index (χ4v) is 4.28. The third kappa shape index (κ3) is 4.63. The maximum Gasteiger partial charge on any atom is 0.322 e. The van der Waals surface area contributed by atoms with Gasteiger partial charge < -0.3 is 4.74 Å². The number of amides is 1. The molecule has 32 heavy (non-hydrogen) atoms. The molecule has 4 rings (SSSR count). The Bertz CT molecular complexity index is 1140. The maximum absolute atomic E-state index is 12.8. The van der Waals surface area contributed by atoms with Crippen LogP contribution < -0.4 is 4.74 Å². The molecule has 0 fully saturated rings. The molecule has 0 N–H and O–H groups in total. The van der Waals surface area contributed by atoms with Crippen molar-refractivity contribution < 1.29 is 9.53 Å². The summed E-state index contributed by atoms with van der Waals surface area (Å²) in [5.41, 5.74) is 2.48. The van der Waals surface area contributed by atoms with Crippen LogP contribution in [0.2, 0.25) is 10.0 Å². The van der Waals surface area contributed by atoms with E-state index < -0.39 is 17.5 Å². The molecule has 0 radical (unpaired) electrons. The van der Waals surface area contributed by atoms with Crippen LogP contribution in [0, 0.1) is 0 Å². The standard InChI is InChI=1S/C25H21Cl3N2O2/c1-15(2)32-21-6-4-3-5-20(21)24-29-22(16-7-11-18(26)12-8-16)23(30(24)25(28)31)17-9-13-19(27)14-10-17/h3-15,22-23H,1-2H3. The van der Waals surface area contributed by atoms with Crippen molar-refractivity contribution in [3.05, 3.63) is 99.5 Å². The number of carbonyl (C=O) groups excluding carboxylic acids is 1. The molecule has 0 saturated carbocycles. The highest BCUT2D eigenvalue weighted by Gasteiger charge is 2.42. The van der Waals surface area contributed by atoms with Gasteiger partial charge in [0.25, 0.3) is 0 Å². The van der Waals surface area contributed by atoms with Gasteiger partial charge in [0.05, 0.1) is 17.7 Å². The van der Waals surface area contributed by atoms with Gasteiger partial charge in [0.2, 0.25) is 0 Å². The first kappa shape index (κ1) is 22.7. The molecule has 0 bridgehead atoms. The Balaban J connectivity index is 1.89. The van der Waals surface area contributed by atoms with Gasteiger partial charge >= 0.3 is 5.37 Å². The van der Waals surface area contributed by atoms with E-state index in [4.69, 9.17) is 44.5 Å². The Hall–Kier alpha value is -2.53. The highest BCUT2D eigenvalue weighted by molar-refractivity contribution is 6.64. The smallest absolute Gasteiger partial charge is 0.322 e. The summed E-state index contributed by atoms with van der Waals surface area (Å²) in [7, 11) is 0. The molecule has 0 saturated heterocycles. The lowest BCUT2D eigenvalue weighted by atomic mass is 9.94. The van der Waals surface area contributed by atoms with Crippen LogP contribution in [0.1, 0.15) is 42.6 Å². The van der Waals surface area contributed by atoms with Gasteiger partial charge in [-0.1, -0.05) is 59.6 Å². The number of carbonyl (C=O) groups is 1. The van der Waals surface area contributed by atoms with Gasteiger partial charge in [0.15, 0.2) is 0 Å². The molecule has 0 spiro atoms. The molecule has 1 aliphatic rings. The molecule has 3 aromatic rings. The molecule has 1 heterocycles. The molecule has 0 aliphatic carbocycles. The van der Waals surface area contributed by atoms with Crippen molar-refractivity contribution in [2.24, 2.45) is 4.99 Å². The van der Waals surface area contributed by atoms with Crippen molar-refractivity contribution in [2.75, 3.05) is 0 Å². The third-order valence-electron chi connectivity index (χ3n) is 5.17. The summed E-state index contributed by atoms with van der Waals surface area (Å²) in [6.07, 6.45) is -0.0440. The van der Waals surface area contributed by atoms with Gasteiger partial charge in [0, 0.05) is 10.0 Å². The minimum absolute atomic E-state index is 0.0440. The number of para-hydroxylation sites is 1. The summed E-state index contributed by atoms with van der Waals surface area (Å²) in [6, 6.07) is 21.5. The summed E-state index contributed by atoms with van der Waals surface area (Å²) in [5, 5.41) is 0.606. The van der Waals surface area contributed by atoms with E-state index in [1.807, 2.05) is 74.5 Å². The molecule has 164 valence electrons. The van der Waals surface area contributed by atoms with E-state index in [1.54, 1.807) is 12.1 Å². The minimum Gasteiger partial charge on any atom is -0.490 e. The lowest BCUT2D eigenvalue weighted by molar-refractivity contribution is 0.230. The number of aliphatic imine (C=N–C) groups is 1. The van der Waals surface area contributed by atoms with Crippen LogP contribution in [-0.2, 0) is 0 Å². The highest BCUT2D eigenvalue weighted by Crippen LogP contribution is 2.45. The fourth-order valence-electron chi connectivity index (χ4n) is 3.85. The predicted molar refractivity (Wildman–Crippen MR) is 130 cm³/mol. The third-order valence-corrected chi connectivity index (χ3v) is 5.86. The molecule has 1 amide bonds. The molecular formula is C25H21Cl3N2O2. The Labute approximate surface area is 202 Å². The second-order valence-electron chi connectivity index (χ2n) is 7.73. The first-order chi connectivity index (χ1) is 15.3. The SMILES string of the molecule is CC(C)Oc1ccccc1C1=NC(c2ccc(Cl)cc2)C(c2ccc(Cl)cc2)N1C(=O)Cl. The molecule has 4 nitrogen and oxygen atoms in total. The van der Waals surface area contributed by atoms with E-state index in [2.05, 4.69) is 0 Å². The zero-order valence-electron chi connectivity index (χ0n) is 17.5. The van der Waals surface area contributed by atoms with Gasteiger partial charge in [-0.3, -0.25) is 14.7 Å². The average Bonchev–Trinajstić information content (AvgIpc) is 3.15. The predicted octanol–water partition coefficient (Wildman–Crippen LogP) is 7.68. The van der Waals surface area contributed by atoms with Crippen LogP contribution in [-0.4, -0.2) is 22.2 Å². The monoisotopic (exact) mass is 486 g/mol. The van der Waals surface area contributed by atoms with Crippen molar-refractivity contribution in [1.29, 1.82) is 0 Å². The Morgan fingerprint density at radius 2 is 1.47 bits per heavy atom. The van der Waals surface area contributed by atoms with Crippen LogP contribution in [0.4, 0.5) is 4.79 Å². The first-order valence-electron chi connectivity index (χ1n) is 10.2. The summed E-state index contributed by atoms with van der Waals surface area (Å²) in [5.74, 6) is 1.09. The van der Waals surface area contributed by atoms with Crippen molar-refractivity contribution in [1.82, 2.24) is 4.90 Å². The van der Waals surface area contributed by atoms with Crippen LogP contribution in [0.5, 0.6) is 5.75 Å². The summed E-state index contributed by atoms with van der Waals surface area (Å²) in [4.78, 5) is 19.3. The number of benzene rings is 3. The Kier molecular flexibility index (Phi) is 6.75. The number of amidine groups is 1. The largest absolute Gasteiger partial charge is 0.490 e. The van der Waals surface area contributed by atoms with E-state index in [9.17, 15) is 4.79 Å². The summed E-state index contributed by atoms with van der Waals surface area (Å²) in [6.45, 7) is 3.90. The van der Waals surface area contributed by atoms with Crippen molar-refractivity contribution in [3.8, 4) is 5.75 Å². The normalized spacial score (nSPS) is 18.1. The average molecular weight is 488 g/mol. The number of rotatable bonds is 5. The van der Waals surface area contributed by atoms with Crippen LogP contribution in [0.25, 0.3) is 0 Å². The van der Waals surface area contributed by atoms with Gasteiger partial charge in [-0.25, -0.2) is 0 Å². The lowest BCUT2D eigenvalue weighted by Gasteiger charge is -2.28. The molecule has 7 heteroatoms. The van der Waals surface area contributed by atoms with Crippen LogP contribution in [0.3, 0.4) is 0 Å². The molecular weight excluding hydrogens is 467 g/mol. The van der Waals surface area contributed by atoms with E-state index in [0.717, 1.165) is 11.1 Å². The summed E-state index contributed by atoms with van der Waals surface area (Å²) < 4.78 is 6.00. The van der Waals surface area contributed by atoms with Crippen LogP contribution in [0.15, 0.2) is 77.8 Å². The second kappa shape index (κ2) is 9.53. The van der Waals surface area contributed by atoms with Gasteiger partial charge in [-0.05, 0) is 73.0 Å². The van der Waals surface area contributed by atoms with Crippen molar-refractivity contribution >= 4 is 46.0 Å². The van der Waals surface area contributed by atoms with E-state index in [0.29, 0.717) is 27.2 Å². The quantitative estimate of drug-likeness (QED) is 0.273. The molecule has 0 aromatic heterocycles. The van der Waals surface area contributed by atoms with Crippen molar-refractivity contribution in [3.63, 3.8) is 0 Å². The topological polar surface area (TPSA) is 41.9 Å². The Morgan fingerprint density at radius 1 is 0.906 bits per heavy atom. The summed E-state index contributed by atoms with van der Waals surface area (Å²) >= 11 is 18.4. The van der Waals surface area contributed by atoms with Crippen LogP contribution >= 0.6 is 34.8 Å². The molecule has 2 unspecified atom stereocenters. The lowest BCUT2D eigenvalue weighted by Crippen LogP contribution is -2.34. The highest BCUT2D eigenvalue weighted by atomic mass is 35.5. The maximum atomic E-state index is 12.8. The zero-order chi connectivity index (χ0) is 22.8. The molecule has 1 aliphatic heterocycles. The van der Waals surface area contributed by atoms with Gasteiger partial charge in [-0.15, -0.1) is 0 Å². The molecule has 2 atom stereocenters. The zero-order valence-corrected chi connectivity index (χ0v) is 19.8. The number of hydrogen-bond donors (Lipinski definition) is 0. The first-order valence-corrected chi connectivity index (χ1v) is 11.3. The van der Waals surface area contributed by atoms with E-state index >= 15 is 0 Å². The van der Waals surface area contributed by atoms with Gasteiger partial charge in [0.1, 0.15) is 17.6 Å².